The van der Waals surface area contributed by atoms with Crippen LogP contribution in [0.5, 0.6) is 17.2 Å². The lowest BCUT2D eigenvalue weighted by Gasteiger charge is -2.23. The second-order valence-corrected chi connectivity index (χ2v) is 6.12. The average Bonchev–Trinajstić information content (AvgIpc) is 2.95. The Morgan fingerprint density at radius 3 is 2.83 bits per heavy atom. The average molecular weight is 410 g/mol. The zero-order valence-electron chi connectivity index (χ0n) is 13.1. The van der Waals surface area contributed by atoms with E-state index in [-0.39, 0.29) is 39.7 Å². The molecule has 6 nitrogen and oxygen atoms in total. The van der Waals surface area contributed by atoms with Crippen LogP contribution in [0.4, 0.5) is 0 Å². The highest BCUT2D eigenvalue weighted by Crippen LogP contribution is 2.41. The zero-order valence-corrected chi connectivity index (χ0v) is 15.5. The summed E-state index contributed by atoms with van der Waals surface area (Å²) in [7, 11) is 1.34. The number of nitrogens with one attached hydrogen (secondary N) is 1. The van der Waals surface area contributed by atoms with Crippen molar-refractivity contribution in [3.63, 3.8) is 0 Å². The van der Waals surface area contributed by atoms with Gasteiger partial charge in [-0.05, 0) is 41.9 Å². The number of benzene rings is 1. The molecule has 3 N–H and O–H groups in total. The van der Waals surface area contributed by atoms with E-state index in [9.17, 15) is 15.0 Å². The van der Waals surface area contributed by atoms with E-state index in [4.69, 9.17) is 4.74 Å². The third-order valence-electron chi connectivity index (χ3n) is 4.02. The highest BCUT2D eigenvalue weighted by molar-refractivity contribution is 9.10. The van der Waals surface area contributed by atoms with Crippen molar-refractivity contribution in [3.05, 3.63) is 16.1 Å². The number of likely N-dealkylation sites (N-methyl/N-ethyl adjacent to an activating group) is 1. The number of amides is 1. The number of likely N-dealkylation sites (tertiary alicyclic amines) is 1. The molecule has 1 fully saturated rings. The Hall–Kier alpha value is -1.18. The molecule has 1 amide bonds. The van der Waals surface area contributed by atoms with Crippen LogP contribution < -0.4 is 10.1 Å². The first kappa shape index (κ1) is 19.9. The van der Waals surface area contributed by atoms with Gasteiger partial charge in [-0.15, -0.1) is 12.4 Å². The summed E-state index contributed by atoms with van der Waals surface area (Å²) < 4.78 is 5.29. The molecule has 0 aliphatic carbocycles. The van der Waals surface area contributed by atoms with Crippen LogP contribution >= 0.6 is 28.3 Å². The van der Waals surface area contributed by atoms with Gasteiger partial charge in [-0.2, -0.15) is 0 Å². The van der Waals surface area contributed by atoms with Gasteiger partial charge in [0.2, 0.25) is 0 Å². The van der Waals surface area contributed by atoms with Crippen molar-refractivity contribution >= 4 is 34.2 Å². The summed E-state index contributed by atoms with van der Waals surface area (Å²) in [5.74, 6) is -0.940. The number of nitrogens with zero attached hydrogens (tertiary/aromatic N) is 1. The fourth-order valence-electron chi connectivity index (χ4n) is 2.87. The Morgan fingerprint density at radius 1 is 1.52 bits per heavy atom. The molecular formula is C15H22BrClN2O4. The van der Waals surface area contributed by atoms with E-state index in [2.05, 4.69) is 33.1 Å². The largest absolute Gasteiger partial charge is 0.506 e. The van der Waals surface area contributed by atoms with E-state index in [0.717, 1.165) is 25.9 Å². The Bertz CT molecular complexity index is 571. The number of aromatic hydroxyl groups is 2. The molecule has 2 rings (SSSR count). The fourth-order valence-corrected chi connectivity index (χ4v) is 3.28. The number of hydrogen-bond donors (Lipinski definition) is 3. The van der Waals surface area contributed by atoms with Crippen LogP contribution in [0.25, 0.3) is 0 Å². The second-order valence-electron chi connectivity index (χ2n) is 5.27. The smallest absolute Gasteiger partial charge is 0.259 e. The van der Waals surface area contributed by atoms with Gasteiger partial charge in [-0.1, -0.05) is 6.92 Å². The quantitative estimate of drug-likeness (QED) is 0.651. The molecule has 0 spiro atoms. The summed E-state index contributed by atoms with van der Waals surface area (Å²) >= 11 is 3.11. The summed E-state index contributed by atoms with van der Waals surface area (Å²) in [4.78, 5) is 14.7. The number of phenols is 2. The first-order valence-corrected chi connectivity index (χ1v) is 8.09. The fraction of sp³-hybridized carbons (Fsp3) is 0.533. The molecule has 1 heterocycles. The summed E-state index contributed by atoms with van der Waals surface area (Å²) in [6.45, 7) is 4.60. The number of rotatable bonds is 5. The van der Waals surface area contributed by atoms with E-state index in [1.165, 1.54) is 13.2 Å². The molecule has 1 aliphatic heterocycles. The molecule has 23 heavy (non-hydrogen) atoms. The predicted molar refractivity (Wildman–Crippen MR) is 93.9 cm³/mol. The Morgan fingerprint density at radius 2 is 2.22 bits per heavy atom. The van der Waals surface area contributed by atoms with Gasteiger partial charge >= 0.3 is 0 Å². The van der Waals surface area contributed by atoms with Crippen molar-refractivity contribution in [1.29, 1.82) is 0 Å². The van der Waals surface area contributed by atoms with E-state index < -0.39 is 5.91 Å². The standard InChI is InChI=1S/C15H21BrN2O4.ClH/c1-3-18-6-4-5-9(18)8-17-15(21)12-13(20)10(16)7-11(19)14(12)22-2;/h7,9,19-20H,3-6,8H2,1-2H3,(H,17,21);1H/t9-;/m0./s1. The summed E-state index contributed by atoms with van der Waals surface area (Å²) in [5, 5.41) is 22.8. The van der Waals surface area contributed by atoms with E-state index in [0.29, 0.717) is 12.6 Å². The predicted octanol–water partition coefficient (Wildman–Crippen LogP) is 2.50. The number of hydrogen-bond acceptors (Lipinski definition) is 5. The van der Waals surface area contributed by atoms with Crippen LogP contribution in [0.15, 0.2) is 10.5 Å². The van der Waals surface area contributed by atoms with Crippen LogP contribution in [0, 0.1) is 0 Å². The van der Waals surface area contributed by atoms with Crippen molar-refractivity contribution < 1.29 is 19.7 Å². The van der Waals surface area contributed by atoms with E-state index >= 15 is 0 Å². The van der Waals surface area contributed by atoms with Crippen molar-refractivity contribution in [2.24, 2.45) is 0 Å². The molecule has 1 atom stereocenters. The van der Waals surface area contributed by atoms with Gasteiger partial charge in [0, 0.05) is 18.7 Å². The molecule has 0 aromatic heterocycles. The molecule has 130 valence electrons. The molecule has 0 bridgehead atoms. The highest BCUT2D eigenvalue weighted by Gasteiger charge is 2.26. The summed E-state index contributed by atoms with van der Waals surface area (Å²) in [5.41, 5.74) is -0.0598. The van der Waals surface area contributed by atoms with Crippen LogP contribution in [-0.2, 0) is 0 Å². The molecule has 1 aromatic rings. The number of halogens is 2. The third-order valence-corrected chi connectivity index (χ3v) is 4.63. The summed E-state index contributed by atoms with van der Waals surface area (Å²) in [6.07, 6.45) is 2.17. The van der Waals surface area contributed by atoms with Gasteiger partial charge < -0.3 is 20.3 Å². The Labute approximate surface area is 150 Å². The van der Waals surface area contributed by atoms with Crippen molar-refractivity contribution in [1.82, 2.24) is 10.2 Å². The van der Waals surface area contributed by atoms with Crippen molar-refractivity contribution in [3.8, 4) is 17.2 Å². The number of phenolic OH excluding ortho intramolecular Hbond substituents is 2. The van der Waals surface area contributed by atoms with Crippen LogP contribution in [0.3, 0.4) is 0 Å². The molecule has 1 aliphatic rings. The zero-order chi connectivity index (χ0) is 16.3. The number of ether oxygens (including phenoxy) is 1. The molecule has 1 saturated heterocycles. The minimum atomic E-state index is -0.464. The molecule has 0 radical (unpaired) electrons. The lowest BCUT2D eigenvalue weighted by atomic mass is 10.1. The van der Waals surface area contributed by atoms with E-state index in [1.54, 1.807) is 0 Å². The Kier molecular flexibility index (Phi) is 7.44. The Balaban J connectivity index is 0.00000264. The SMILES string of the molecule is CCN1CCC[C@H]1CNC(=O)c1c(O)c(Br)cc(O)c1OC.Cl. The number of carbonyl (C=O) groups excluding carboxylic acids is 1. The second kappa shape index (κ2) is 8.61. The lowest BCUT2D eigenvalue weighted by Crippen LogP contribution is -2.40. The van der Waals surface area contributed by atoms with Gasteiger partial charge in [0.05, 0.1) is 11.6 Å². The van der Waals surface area contributed by atoms with Crippen LogP contribution in [-0.4, -0.2) is 53.8 Å². The number of carbonyl (C=O) groups is 1. The maximum Gasteiger partial charge on any atom is 0.259 e. The normalized spacial score (nSPS) is 17.6. The van der Waals surface area contributed by atoms with Crippen LogP contribution in [0.1, 0.15) is 30.1 Å². The van der Waals surface area contributed by atoms with Crippen LogP contribution in [0.2, 0.25) is 0 Å². The molecule has 0 saturated carbocycles. The van der Waals surface area contributed by atoms with Gasteiger partial charge in [0.25, 0.3) is 5.91 Å². The molecule has 8 heteroatoms. The first-order chi connectivity index (χ1) is 10.5. The minimum Gasteiger partial charge on any atom is -0.506 e. The maximum absolute atomic E-state index is 12.4. The monoisotopic (exact) mass is 408 g/mol. The van der Waals surface area contributed by atoms with Gasteiger partial charge in [0.1, 0.15) is 11.3 Å². The molecular weight excluding hydrogens is 388 g/mol. The van der Waals surface area contributed by atoms with Crippen molar-refractivity contribution in [2.75, 3.05) is 26.7 Å². The molecule has 0 unspecified atom stereocenters. The topological polar surface area (TPSA) is 82.0 Å². The van der Waals surface area contributed by atoms with Gasteiger partial charge in [-0.25, -0.2) is 0 Å². The number of methoxy groups -OCH3 is 1. The van der Waals surface area contributed by atoms with Gasteiger partial charge in [0.15, 0.2) is 11.5 Å². The third kappa shape index (κ3) is 4.22. The van der Waals surface area contributed by atoms with Gasteiger partial charge in [-0.3, -0.25) is 9.69 Å². The first-order valence-electron chi connectivity index (χ1n) is 7.30. The maximum atomic E-state index is 12.4. The minimum absolute atomic E-state index is 0. The van der Waals surface area contributed by atoms with E-state index in [1.807, 2.05) is 0 Å². The lowest BCUT2D eigenvalue weighted by molar-refractivity contribution is 0.0934. The highest BCUT2D eigenvalue weighted by atomic mass is 79.9. The molecule has 1 aromatic carbocycles. The summed E-state index contributed by atoms with van der Waals surface area (Å²) in [6, 6.07) is 1.60. The van der Waals surface area contributed by atoms with Crippen molar-refractivity contribution in [2.45, 2.75) is 25.8 Å².